The maximum absolute atomic E-state index is 12.0. The van der Waals surface area contributed by atoms with E-state index in [9.17, 15) is 14.4 Å². The summed E-state index contributed by atoms with van der Waals surface area (Å²) < 4.78 is 0. The first kappa shape index (κ1) is 17.7. The highest BCUT2D eigenvalue weighted by molar-refractivity contribution is 6.30. The lowest BCUT2D eigenvalue weighted by atomic mass is 10.1. The van der Waals surface area contributed by atoms with Crippen molar-refractivity contribution in [2.45, 2.75) is 19.8 Å². The average Bonchev–Trinajstić information content (AvgIpc) is 2.54. The van der Waals surface area contributed by atoms with E-state index in [1.165, 1.54) is 6.92 Å². The standard InChI is InChI=1S/C18H17ClN2O3/c1-12(22)20-15-6-8-16(9-7-15)21-18(24)11-10-17(23)13-2-4-14(19)5-3-13/h2-9H,10-11H2,1H3,(H,20,22)(H,21,24). The average molecular weight is 345 g/mol. The Labute approximate surface area is 145 Å². The van der Waals surface area contributed by atoms with Gasteiger partial charge in [0.15, 0.2) is 5.78 Å². The zero-order valence-electron chi connectivity index (χ0n) is 13.1. The van der Waals surface area contributed by atoms with Gasteiger partial charge in [-0.05, 0) is 48.5 Å². The highest BCUT2D eigenvalue weighted by atomic mass is 35.5. The Morgan fingerprint density at radius 2 is 1.38 bits per heavy atom. The van der Waals surface area contributed by atoms with Crippen LogP contribution < -0.4 is 10.6 Å². The number of nitrogens with one attached hydrogen (secondary N) is 2. The first-order valence-corrected chi connectivity index (χ1v) is 7.78. The molecule has 6 heteroatoms. The molecule has 0 fully saturated rings. The van der Waals surface area contributed by atoms with Gasteiger partial charge in [-0.3, -0.25) is 14.4 Å². The van der Waals surface area contributed by atoms with Crippen molar-refractivity contribution in [3.05, 3.63) is 59.1 Å². The fraction of sp³-hybridized carbons (Fsp3) is 0.167. The lowest BCUT2D eigenvalue weighted by Crippen LogP contribution is -2.13. The van der Waals surface area contributed by atoms with Crippen molar-refractivity contribution in [3.63, 3.8) is 0 Å². The molecule has 0 saturated heterocycles. The van der Waals surface area contributed by atoms with Crippen LogP contribution in [0.3, 0.4) is 0 Å². The molecule has 0 unspecified atom stereocenters. The summed E-state index contributed by atoms with van der Waals surface area (Å²) in [5.41, 5.74) is 1.79. The zero-order valence-corrected chi connectivity index (χ0v) is 13.9. The lowest BCUT2D eigenvalue weighted by molar-refractivity contribution is -0.116. The third-order valence-corrected chi connectivity index (χ3v) is 3.49. The van der Waals surface area contributed by atoms with Crippen molar-refractivity contribution in [1.82, 2.24) is 0 Å². The topological polar surface area (TPSA) is 75.3 Å². The molecule has 0 bridgehead atoms. The summed E-state index contributed by atoms with van der Waals surface area (Å²) in [6.45, 7) is 1.42. The monoisotopic (exact) mass is 344 g/mol. The van der Waals surface area contributed by atoms with Crippen LogP contribution in [0, 0.1) is 0 Å². The Balaban J connectivity index is 1.83. The van der Waals surface area contributed by atoms with Crippen LogP contribution in [0.15, 0.2) is 48.5 Å². The van der Waals surface area contributed by atoms with E-state index >= 15 is 0 Å². The molecule has 0 heterocycles. The van der Waals surface area contributed by atoms with Crippen molar-refractivity contribution >= 4 is 40.6 Å². The van der Waals surface area contributed by atoms with Gasteiger partial charge in [-0.1, -0.05) is 11.6 Å². The lowest BCUT2D eigenvalue weighted by Gasteiger charge is -2.07. The van der Waals surface area contributed by atoms with Gasteiger partial charge in [0.1, 0.15) is 0 Å². The summed E-state index contributed by atoms with van der Waals surface area (Å²) in [5.74, 6) is -0.514. The maximum atomic E-state index is 12.0. The van der Waals surface area contributed by atoms with Crippen molar-refractivity contribution in [2.75, 3.05) is 10.6 Å². The molecule has 24 heavy (non-hydrogen) atoms. The smallest absolute Gasteiger partial charge is 0.224 e. The molecule has 0 aromatic heterocycles. The van der Waals surface area contributed by atoms with Gasteiger partial charge in [0.2, 0.25) is 11.8 Å². The molecule has 2 N–H and O–H groups in total. The Bertz CT molecular complexity index is 740. The summed E-state index contributed by atoms with van der Waals surface area (Å²) in [7, 11) is 0. The molecule has 124 valence electrons. The highest BCUT2D eigenvalue weighted by Crippen LogP contribution is 2.15. The molecule has 0 spiro atoms. The molecule has 2 aromatic rings. The predicted molar refractivity (Wildman–Crippen MR) is 94.4 cm³/mol. The molecule has 0 radical (unpaired) electrons. The van der Waals surface area contributed by atoms with E-state index in [0.717, 1.165) is 0 Å². The van der Waals surface area contributed by atoms with Crippen LogP contribution in [-0.2, 0) is 9.59 Å². The van der Waals surface area contributed by atoms with Crippen LogP contribution in [0.25, 0.3) is 0 Å². The maximum Gasteiger partial charge on any atom is 0.224 e. The van der Waals surface area contributed by atoms with Crippen LogP contribution in [0.1, 0.15) is 30.1 Å². The van der Waals surface area contributed by atoms with Gasteiger partial charge < -0.3 is 10.6 Å². The van der Waals surface area contributed by atoms with Crippen molar-refractivity contribution in [3.8, 4) is 0 Å². The number of carbonyl (C=O) groups excluding carboxylic acids is 3. The fourth-order valence-electron chi connectivity index (χ4n) is 2.07. The van der Waals surface area contributed by atoms with E-state index in [1.807, 2.05) is 0 Å². The van der Waals surface area contributed by atoms with E-state index in [4.69, 9.17) is 11.6 Å². The largest absolute Gasteiger partial charge is 0.326 e. The minimum Gasteiger partial charge on any atom is -0.326 e. The molecule has 2 amide bonds. The number of hydrogen-bond acceptors (Lipinski definition) is 3. The summed E-state index contributed by atoms with van der Waals surface area (Å²) in [6, 6.07) is 13.3. The Hall–Kier alpha value is -2.66. The summed E-state index contributed by atoms with van der Waals surface area (Å²) >= 11 is 5.77. The van der Waals surface area contributed by atoms with Crippen LogP contribution in [0.2, 0.25) is 5.02 Å². The summed E-state index contributed by atoms with van der Waals surface area (Å²) in [5, 5.41) is 5.92. The molecule has 5 nitrogen and oxygen atoms in total. The molecule has 0 aliphatic rings. The number of Topliss-reactive ketones (excluding diaryl/α,β-unsaturated/α-hetero) is 1. The number of rotatable bonds is 6. The molecular formula is C18H17ClN2O3. The van der Waals surface area contributed by atoms with Gasteiger partial charge in [0.05, 0.1) is 0 Å². The molecule has 0 aliphatic heterocycles. The number of carbonyl (C=O) groups is 3. The van der Waals surface area contributed by atoms with Crippen molar-refractivity contribution in [2.24, 2.45) is 0 Å². The zero-order chi connectivity index (χ0) is 17.5. The van der Waals surface area contributed by atoms with Gasteiger partial charge in [-0.15, -0.1) is 0 Å². The van der Waals surface area contributed by atoms with E-state index < -0.39 is 0 Å². The molecule has 2 aromatic carbocycles. The Morgan fingerprint density at radius 3 is 1.92 bits per heavy atom. The highest BCUT2D eigenvalue weighted by Gasteiger charge is 2.09. The van der Waals surface area contributed by atoms with Gasteiger partial charge in [-0.2, -0.15) is 0 Å². The number of amides is 2. The van der Waals surface area contributed by atoms with E-state index in [2.05, 4.69) is 10.6 Å². The number of anilines is 2. The summed E-state index contributed by atoms with van der Waals surface area (Å²) in [4.78, 5) is 34.8. The Kier molecular flexibility index (Phi) is 6.09. The third kappa shape index (κ3) is 5.52. The summed E-state index contributed by atoms with van der Waals surface area (Å²) in [6.07, 6.45) is 0.215. The molecule has 2 rings (SSSR count). The van der Waals surface area contributed by atoms with Gasteiger partial charge in [0, 0.05) is 41.7 Å². The van der Waals surface area contributed by atoms with Gasteiger partial charge >= 0.3 is 0 Å². The molecular weight excluding hydrogens is 328 g/mol. The van der Waals surface area contributed by atoms with Gasteiger partial charge in [0.25, 0.3) is 0 Å². The third-order valence-electron chi connectivity index (χ3n) is 3.23. The van der Waals surface area contributed by atoms with E-state index in [1.54, 1.807) is 48.5 Å². The number of hydrogen-bond donors (Lipinski definition) is 2. The SMILES string of the molecule is CC(=O)Nc1ccc(NC(=O)CCC(=O)c2ccc(Cl)cc2)cc1. The first-order chi connectivity index (χ1) is 11.4. The van der Waals surface area contributed by atoms with Crippen LogP contribution in [-0.4, -0.2) is 17.6 Å². The van der Waals surface area contributed by atoms with Crippen LogP contribution in [0.5, 0.6) is 0 Å². The second kappa shape index (κ2) is 8.26. The van der Waals surface area contributed by atoms with Crippen molar-refractivity contribution < 1.29 is 14.4 Å². The van der Waals surface area contributed by atoms with Gasteiger partial charge in [-0.25, -0.2) is 0 Å². The minimum absolute atomic E-state index is 0.0922. The quantitative estimate of drug-likeness (QED) is 0.780. The molecule has 0 atom stereocenters. The van der Waals surface area contributed by atoms with Crippen molar-refractivity contribution in [1.29, 1.82) is 0 Å². The fourth-order valence-corrected chi connectivity index (χ4v) is 2.20. The number of benzene rings is 2. The molecule has 0 saturated carbocycles. The first-order valence-electron chi connectivity index (χ1n) is 7.40. The minimum atomic E-state index is -0.246. The predicted octanol–water partition coefficient (Wildman–Crippen LogP) is 3.90. The van der Waals surface area contributed by atoms with E-state index in [0.29, 0.717) is 22.0 Å². The molecule has 0 aliphatic carbocycles. The number of ketones is 1. The normalized spacial score (nSPS) is 10.1. The van der Waals surface area contributed by atoms with Crippen LogP contribution in [0.4, 0.5) is 11.4 Å². The van der Waals surface area contributed by atoms with Crippen LogP contribution >= 0.6 is 11.6 Å². The van der Waals surface area contributed by atoms with E-state index in [-0.39, 0.29) is 30.4 Å². The second-order valence-electron chi connectivity index (χ2n) is 5.24. The Morgan fingerprint density at radius 1 is 0.833 bits per heavy atom. The number of halogens is 1. The second-order valence-corrected chi connectivity index (χ2v) is 5.67.